The molecular formula is C7H11N2O. The molecule has 2 N–H and O–H groups in total. The Labute approximate surface area is 60.8 Å². The number of carbonyl (C=O) groups excluding carboxylic acids is 1. The molecule has 0 unspecified atom stereocenters. The molecule has 55 valence electrons. The zero-order valence-corrected chi connectivity index (χ0v) is 6.22. The van der Waals surface area contributed by atoms with Crippen LogP contribution in [0.1, 0.15) is 20.3 Å². The number of carbonyl (C=O) groups is 1. The van der Waals surface area contributed by atoms with Crippen LogP contribution in [0.15, 0.2) is 0 Å². The molecule has 0 spiro atoms. The van der Waals surface area contributed by atoms with Gasteiger partial charge in [-0.25, -0.2) is 0 Å². The molecule has 0 aromatic heterocycles. The van der Waals surface area contributed by atoms with Crippen LogP contribution < -0.4 is 5.73 Å². The minimum Gasteiger partial charge on any atom is -0.369 e. The summed E-state index contributed by atoms with van der Waals surface area (Å²) in [7, 11) is 0. The quantitative estimate of drug-likeness (QED) is 0.622. The fraction of sp³-hybridized carbons (Fsp3) is 0.571. The number of rotatable bonds is 3. The number of hydrogen-bond donors (Lipinski definition) is 1. The van der Waals surface area contributed by atoms with Crippen molar-refractivity contribution in [2.75, 3.05) is 0 Å². The lowest BCUT2D eigenvalue weighted by atomic mass is 9.87. The summed E-state index contributed by atoms with van der Waals surface area (Å²) in [4.78, 5) is 10.6. The molecule has 0 rings (SSSR count). The molecule has 0 fully saturated rings. The maximum Gasteiger partial charge on any atom is 0.223 e. The second kappa shape index (κ2) is 3.21. The largest absolute Gasteiger partial charge is 0.369 e. The molecule has 0 bridgehead atoms. The third kappa shape index (κ3) is 2.49. The summed E-state index contributed by atoms with van der Waals surface area (Å²) in [6.45, 7) is 3.37. The summed E-state index contributed by atoms with van der Waals surface area (Å²) in [5, 5.41) is 8.18. The van der Waals surface area contributed by atoms with E-state index < -0.39 is 11.3 Å². The Hall–Kier alpha value is -1.04. The number of amides is 1. The summed E-state index contributed by atoms with van der Waals surface area (Å²) in [5.74, 6) is -0.400. The van der Waals surface area contributed by atoms with Crippen LogP contribution in [0.2, 0.25) is 0 Å². The molecule has 0 atom stereocenters. The molecule has 0 saturated heterocycles. The highest BCUT2D eigenvalue weighted by Crippen LogP contribution is 2.19. The molecule has 0 aliphatic carbocycles. The van der Waals surface area contributed by atoms with Crippen LogP contribution in [0.3, 0.4) is 0 Å². The highest BCUT2D eigenvalue weighted by atomic mass is 16.1. The van der Waals surface area contributed by atoms with Gasteiger partial charge in [-0.05, 0) is 6.42 Å². The van der Waals surface area contributed by atoms with Gasteiger partial charge in [-0.2, -0.15) is 5.26 Å². The van der Waals surface area contributed by atoms with Crippen molar-refractivity contribution >= 4 is 5.91 Å². The Bertz CT molecular complexity index is 167. The molecular weight excluding hydrogens is 128 g/mol. The van der Waals surface area contributed by atoms with E-state index in [1.165, 1.54) is 0 Å². The van der Waals surface area contributed by atoms with Crippen LogP contribution in [-0.4, -0.2) is 5.91 Å². The summed E-state index contributed by atoms with van der Waals surface area (Å²) >= 11 is 0. The Morgan fingerprint density at radius 3 is 2.60 bits per heavy atom. The first kappa shape index (κ1) is 8.96. The first-order valence-electron chi connectivity index (χ1n) is 3.02. The van der Waals surface area contributed by atoms with E-state index in [1.807, 2.05) is 6.07 Å². The van der Waals surface area contributed by atoms with Crippen molar-refractivity contribution in [3.8, 4) is 6.07 Å². The molecule has 0 saturated carbocycles. The van der Waals surface area contributed by atoms with Crippen LogP contribution in [-0.2, 0) is 4.79 Å². The van der Waals surface area contributed by atoms with Gasteiger partial charge in [-0.1, -0.05) is 13.8 Å². The van der Waals surface area contributed by atoms with E-state index in [2.05, 4.69) is 0 Å². The lowest BCUT2D eigenvalue weighted by Crippen LogP contribution is -2.31. The molecule has 1 radical (unpaired) electrons. The Balaban J connectivity index is 3.90. The van der Waals surface area contributed by atoms with Gasteiger partial charge in [-0.3, -0.25) is 4.79 Å². The summed E-state index contributed by atoms with van der Waals surface area (Å²) in [5.41, 5.74) is 4.37. The van der Waals surface area contributed by atoms with E-state index in [9.17, 15) is 4.79 Å². The molecule has 3 heteroatoms. The minimum absolute atomic E-state index is 0.260. The van der Waals surface area contributed by atoms with Gasteiger partial charge in [0.2, 0.25) is 5.91 Å². The summed E-state index contributed by atoms with van der Waals surface area (Å²) in [6, 6.07) is 1.92. The lowest BCUT2D eigenvalue weighted by molar-refractivity contribution is -0.124. The third-order valence-corrected chi connectivity index (χ3v) is 1.34. The fourth-order valence-corrected chi connectivity index (χ4v) is 0.401. The van der Waals surface area contributed by atoms with Crippen LogP contribution >= 0.6 is 0 Å². The molecule has 0 heterocycles. The molecule has 1 amide bonds. The van der Waals surface area contributed by atoms with Gasteiger partial charge in [0.15, 0.2) is 0 Å². The zero-order chi connectivity index (χ0) is 8.20. The van der Waals surface area contributed by atoms with Crippen LogP contribution in [0.25, 0.3) is 0 Å². The van der Waals surface area contributed by atoms with E-state index in [-0.39, 0.29) is 6.42 Å². The van der Waals surface area contributed by atoms with E-state index in [4.69, 9.17) is 11.0 Å². The predicted octanol–water partition coefficient (Wildman–Crippen LogP) is 0.616. The van der Waals surface area contributed by atoms with Crippen molar-refractivity contribution in [3.63, 3.8) is 0 Å². The van der Waals surface area contributed by atoms with Gasteiger partial charge >= 0.3 is 0 Å². The van der Waals surface area contributed by atoms with Gasteiger partial charge in [-0.15, -0.1) is 0 Å². The molecule has 0 aliphatic heterocycles. The molecule has 3 nitrogen and oxygen atoms in total. The average molecular weight is 139 g/mol. The maximum absolute atomic E-state index is 10.6. The van der Waals surface area contributed by atoms with Crippen LogP contribution in [0.5, 0.6) is 0 Å². The van der Waals surface area contributed by atoms with Gasteiger partial charge in [0.1, 0.15) is 0 Å². The SMILES string of the molecule is CC(C)([CH]CC#N)C(N)=O. The van der Waals surface area contributed by atoms with E-state index >= 15 is 0 Å². The van der Waals surface area contributed by atoms with Crippen LogP contribution in [0, 0.1) is 23.2 Å². The Morgan fingerprint density at radius 2 is 2.30 bits per heavy atom. The number of nitriles is 1. The van der Waals surface area contributed by atoms with Gasteiger partial charge in [0.05, 0.1) is 6.07 Å². The third-order valence-electron chi connectivity index (χ3n) is 1.34. The molecule has 0 aliphatic rings. The van der Waals surface area contributed by atoms with Crippen LogP contribution in [0.4, 0.5) is 0 Å². The van der Waals surface area contributed by atoms with Crippen molar-refractivity contribution in [2.45, 2.75) is 20.3 Å². The smallest absolute Gasteiger partial charge is 0.223 e. The average Bonchev–Trinajstić information content (AvgIpc) is 1.84. The van der Waals surface area contributed by atoms with Crippen molar-refractivity contribution in [3.05, 3.63) is 6.42 Å². The molecule has 10 heavy (non-hydrogen) atoms. The van der Waals surface area contributed by atoms with Crippen molar-refractivity contribution in [1.29, 1.82) is 5.26 Å². The highest BCUT2D eigenvalue weighted by molar-refractivity contribution is 5.81. The summed E-state index contributed by atoms with van der Waals surface area (Å²) in [6.07, 6.45) is 1.87. The first-order chi connectivity index (χ1) is 4.50. The Morgan fingerprint density at radius 1 is 1.80 bits per heavy atom. The second-order valence-electron chi connectivity index (χ2n) is 2.65. The van der Waals surface area contributed by atoms with Gasteiger partial charge < -0.3 is 5.73 Å². The molecule has 0 aromatic rings. The fourth-order valence-electron chi connectivity index (χ4n) is 0.401. The van der Waals surface area contributed by atoms with Crippen molar-refractivity contribution in [1.82, 2.24) is 0 Å². The topological polar surface area (TPSA) is 66.9 Å². The molecule has 0 aromatic carbocycles. The second-order valence-corrected chi connectivity index (χ2v) is 2.65. The van der Waals surface area contributed by atoms with E-state index in [0.717, 1.165) is 0 Å². The van der Waals surface area contributed by atoms with Gasteiger partial charge in [0, 0.05) is 11.8 Å². The normalized spacial score (nSPS) is 10.5. The van der Waals surface area contributed by atoms with E-state index in [1.54, 1.807) is 20.3 Å². The summed E-state index contributed by atoms with van der Waals surface area (Å²) < 4.78 is 0. The maximum atomic E-state index is 10.6. The van der Waals surface area contributed by atoms with Crippen molar-refractivity contribution < 1.29 is 4.79 Å². The minimum atomic E-state index is -0.657. The zero-order valence-electron chi connectivity index (χ0n) is 6.22. The standard InChI is InChI=1S/C7H11N2O/c1-7(2,6(9)10)4-3-5-8/h4H,3H2,1-2H3,(H2,9,10). The number of hydrogen-bond acceptors (Lipinski definition) is 2. The predicted molar refractivity (Wildman–Crippen MR) is 37.5 cm³/mol. The lowest BCUT2D eigenvalue weighted by Gasteiger charge is -2.17. The monoisotopic (exact) mass is 139 g/mol. The number of nitrogens with two attached hydrogens (primary N) is 1. The first-order valence-corrected chi connectivity index (χ1v) is 3.02. The number of primary amides is 1. The van der Waals surface area contributed by atoms with E-state index in [0.29, 0.717) is 0 Å². The highest BCUT2D eigenvalue weighted by Gasteiger charge is 2.24. The Kier molecular flexibility index (Phi) is 2.88. The van der Waals surface area contributed by atoms with Crippen molar-refractivity contribution in [2.24, 2.45) is 11.1 Å². The van der Waals surface area contributed by atoms with Gasteiger partial charge in [0.25, 0.3) is 0 Å². The number of nitrogens with zero attached hydrogens (tertiary/aromatic N) is 1.